The number of rotatable bonds is 2. The van der Waals surface area contributed by atoms with Crippen molar-refractivity contribution in [2.24, 2.45) is 0 Å². The highest BCUT2D eigenvalue weighted by atomic mass is 16.7. The Morgan fingerprint density at radius 2 is 2.00 bits per heavy atom. The summed E-state index contributed by atoms with van der Waals surface area (Å²) in [4.78, 5) is 6.45. The topological polar surface area (TPSA) is 34.6 Å². The van der Waals surface area contributed by atoms with E-state index in [1.165, 1.54) is 5.56 Å². The second kappa shape index (κ2) is 4.72. The summed E-state index contributed by atoms with van der Waals surface area (Å²) < 4.78 is 11.5. The van der Waals surface area contributed by atoms with Crippen LogP contribution < -0.4 is 0 Å². The summed E-state index contributed by atoms with van der Waals surface area (Å²) >= 11 is 0. The first-order valence-electron chi connectivity index (χ1n) is 6.26. The number of aromatic nitrogens is 1. The summed E-state index contributed by atoms with van der Waals surface area (Å²) in [7, 11) is 0. The van der Waals surface area contributed by atoms with Crippen LogP contribution in [-0.2, 0) is 16.0 Å². The summed E-state index contributed by atoms with van der Waals surface area (Å²) in [6.07, 6.45) is 5.86. The van der Waals surface area contributed by atoms with Crippen LogP contribution in [0.1, 0.15) is 18.4 Å². The monoisotopic (exact) mass is 234 g/mol. The maximum Gasteiger partial charge on any atom is 0.181 e. The van der Waals surface area contributed by atoms with Crippen LogP contribution >= 0.6 is 0 Å². The van der Waals surface area contributed by atoms with E-state index in [1.807, 2.05) is 12.4 Å². The molecule has 2 fully saturated rings. The number of ether oxygens (including phenoxy) is 2. The molecule has 0 aromatic carbocycles. The second-order valence-corrected chi connectivity index (χ2v) is 4.78. The molecule has 0 saturated carbocycles. The lowest BCUT2D eigenvalue weighted by Crippen LogP contribution is -2.48. The molecule has 4 nitrogen and oxygen atoms in total. The summed E-state index contributed by atoms with van der Waals surface area (Å²) in [6, 6.07) is 4.13. The van der Waals surface area contributed by atoms with Crippen molar-refractivity contribution in [1.29, 1.82) is 0 Å². The van der Waals surface area contributed by atoms with Crippen molar-refractivity contribution in [2.75, 3.05) is 26.3 Å². The van der Waals surface area contributed by atoms with Crippen molar-refractivity contribution < 1.29 is 9.47 Å². The fourth-order valence-electron chi connectivity index (χ4n) is 2.68. The van der Waals surface area contributed by atoms with Crippen molar-refractivity contribution in [3.05, 3.63) is 30.1 Å². The summed E-state index contributed by atoms with van der Waals surface area (Å²) in [5, 5.41) is 0. The minimum absolute atomic E-state index is 0.314. The Balaban J connectivity index is 1.64. The molecule has 0 aliphatic carbocycles. The van der Waals surface area contributed by atoms with E-state index in [1.54, 1.807) is 0 Å². The zero-order chi connectivity index (χ0) is 11.6. The minimum Gasteiger partial charge on any atom is -0.346 e. The number of hydrogen-bond donors (Lipinski definition) is 0. The predicted octanol–water partition coefficient (Wildman–Crippen LogP) is 1.42. The first-order valence-corrected chi connectivity index (χ1v) is 6.26. The molecule has 4 heteroatoms. The molecule has 92 valence electrons. The molecular formula is C13H18N2O2. The molecule has 1 spiro atoms. The van der Waals surface area contributed by atoms with Crippen LogP contribution in [0.25, 0.3) is 0 Å². The van der Waals surface area contributed by atoms with E-state index in [9.17, 15) is 0 Å². The standard InChI is InChI=1S/C13H18N2O2/c1-4-13(16-8-9-17-13)11-15(7-1)10-12-2-5-14-6-3-12/h2-3,5-6H,1,4,7-11H2. The summed E-state index contributed by atoms with van der Waals surface area (Å²) in [6.45, 7) is 4.44. The summed E-state index contributed by atoms with van der Waals surface area (Å²) in [5.41, 5.74) is 1.30. The van der Waals surface area contributed by atoms with Crippen LogP contribution in [0, 0.1) is 0 Å². The molecule has 0 bridgehead atoms. The number of pyridine rings is 1. The fraction of sp³-hybridized carbons (Fsp3) is 0.615. The van der Waals surface area contributed by atoms with Gasteiger partial charge < -0.3 is 9.47 Å². The second-order valence-electron chi connectivity index (χ2n) is 4.78. The summed E-state index contributed by atoms with van der Waals surface area (Å²) in [5.74, 6) is -0.314. The van der Waals surface area contributed by atoms with Gasteiger partial charge in [0.1, 0.15) is 0 Å². The zero-order valence-corrected chi connectivity index (χ0v) is 9.97. The average molecular weight is 234 g/mol. The quantitative estimate of drug-likeness (QED) is 0.775. The van der Waals surface area contributed by atoms with Gasteiger partial charge in [0.05, 0.1) is 19.8 Å². The molecular weight excluding hydrogens is 216 g/mol. The maximum absolute atomic E-state index is 5.77. The molecule has 3 heterocycles. The van der Waals surface area contributed by atoms with Gasteiger partial charge in [0.15, 0.2) is 5.79 Å². The van der Waals surface area contributed by atoms with E-state index in [4.69, 9.17) is 9.47 Å². The van der Waals surface area contributed by atoms with Crippen molar-refractivity contribution in [1.82, 2.24) is 9.88 Å². The lowest BCUT2D eigenvalue weighted by molar-refractivity contribution is -0.190. The van der Waals surface area contributed by atoms with Gasteiger partial charge in [0.2, 0.25) is 0 Å². The Morgan fingerprint density at radius 3 is 2.76 bits per heavy atom. The van der Waals surface area contributed by atoms with Crippen LogP contribution in [0.3, 0.4) is 0 Å². The third-order valence-corrected chi connectivity index (χ3v) is 3.47. The molecule has 1 aromatic heterocycles. The first kappa shape index (κ1) is 11.1. The van der Waals surface area contributed by atoms with E-state index >= 15 is 0 Å². The van der Waals surface area contributed by atoms with Gasteiger partial charge in [-0.05, 0) is 30.7 Å². The largest absolute Gasteiger partial charge is 0.346 e. The third kappa shape index (κ3) is 2.49. The van der Waals surface area contributed by atoms with Crippen LogP contribution in [0.4, 0.5) is 0 Å². The van der Waals surface area contributed by atoms with Crippen molar-refractivity contribution in [3.8, 4) is 0 Å². The highest BCUT2D eigenvalue weighted by Gasteiger charge is 2.40. The normalized spacial score (nSPS) is 24.2. The van der Waals surface area contributed by atoms with Crippen LogP contribution in [0.2, 0.25) is 0 Å². The fourth-order valence-corrected chi connectivity index (χ4v) is 2.68. The van der Waals surface area contributed by atoms with E-state index < -0.39 is 0 Å². The molecule has 0 atom stereocenters. The Bertz CT molecular complexity index is 363. The van der Waals surface area contributed by atoms with Crippen molar-refractivity contribution in [2.45, 2.75) is 25.2 Å². The number of piperidine rings is 1. The van der Waals surface area contributed by atoms with E-state index in [0.717, 1.165) is 45.7 Å². The molecule has 2 aliphatic rings. The van der Waals surface area contributed by atoms with E-state index in [-0.39, 0.29) is 5.79 Å². The Hall–Kier alpha value is -0.970. The van der Waals surface area contributed by atoms with Gasteiger partial charge in [0.25, 0.3) is 0 Å². The molecule has 0 unspecified atom stereocenters. The smallest absolute Gasteiger partial charge is 0.181 e. The lowest BCUT2D eigenvalue weighted by Gasteiger charge is -2.38. The van der Waals surface area contributed by atoms with Gasteiger partial charge >= 0.3 is 0 Å². The molecule has 2 aliphatic heterocycles. The number of nitrogens with zero attached hydrogens (tertiary/aromatic N) is 2. The Morgan fingerprint density at radius 1 is 1.24 bits per heavy atom. The van der Waals surface area contributed by atoms with Crippen molar-refractivity contribution in [3.63, 3.8) is 0 Å². The van der Waals surface area contributed by atoms with E-state index in [0.29, 0.717) is 0 Å². The SMILES string of the molecule is c1cc(CN2CCCC3(C2)OCCO3)ccn1. The molecule has 3 rings (SSSR count). The molecule has 1 aromatic rings. The van der Waals surface area contributed by atoms with Gasteiger partial charge in [-0.15, -0.1) is 0 Å². The number of likely N-dealkylation sites (tertiary alicyclic amines) is 1. The van der Waals surface area contributed by atoms with E-state index in [2.05, 4.69) is 22.0 Å². The van der Waals surface area contributed by atoms with Crippen molar-refractivity contribution >= 4 is 0 Å². The minimum atomic E-state index is -0.314. The Labute approximate surface area is 102 Å². The van der Waals surface area contributed by atoms with Gasteiger partial charge in [0, 0.05) is 25.4 Å². The van der Waals surface area contributed by atoms with Gasteiger partial charge in [-0.2, -0.15) is 0 Å². The number of hydrogen-bond acceptors (Lipinski definition) is 4. The molecule has 0 N–H and O–H groups in total. The van der Waals surface area contributed by atoms with Gasteiger partial charge in [-0.25, -0.2) is 0 Å². The highest BCUT2D eigenvalue weighted by Crippen LogP contribution is 2.30. The molecule has 0 radical (unpaired) electrons. The highest BCUT2D eigenvalue weighted by molar-refractivity contribution is 5.09. The van der Waals surface area contributed by atoms with Gasteiger partial charge in [-0.3, -0.25) is 9.88 Å². The molecule has 0 amide bonds. The first-order chi connectivity index (χ1) is 8.36. The molecule has 2 saturated heterocycles. The molecule has 17 heavy (non-hydrogen) atoms. The third-order valence-electron chi connectivity index (χ3n) is 3.47. The van der Waals surface area contributed by atoms with Crippen LogP contribution in [0.5, 0.6) is 0 Å². The average Bonchev–Trinajstić information content (AvgIpc) is 2.79. The van der Waals surface area contributed by atoms with Gasteiger partial charge in [-0.1, -0.05) is 0 Å². The Kier molecular flexibility index (Phi) is 3.09. The zero-order valence-electron chi connectivity index (χ0n) is 9.97. The van der Waals surface area contributed by atoms with Crippen LogP contribution in [0.15, 0.2) is 24.5 Å². The lowest BCUT2D eigenvalue weighted by atomic mass is 10.0. The van der Waals surface area contributed by atoms with Crippen LogP contribution in [-0.4, -0.2) is 42.0 Å². The maximum atomic E-state index is 5.77. The predicted molar refractivity (Wildman–Crippen MR) is 63.4 cm³/mol.